The third-order valence-corrected chi connectivity index (χ3v) is 1.10. The van der Waals surface area contributed by atoms with Crippen LogP contribution in [0.5, 0.6) is 0 Å². The van der Waals surface area contributed by atoms with Gasteiger partial charge in [-0.3, -0.25) is 0 Å². The van der Waals surface area contributed by atoms with Crippen molar-refractivity contribution in [2.24, 2.45) is 0 Å². The molecule has 0 aromatic heterocycles. The summed E-state index contributed by atoms with van der Waals surface area (Å²) in [5.74, 6) is 0. The van der Waals surface area contributed by atoms with Crippen LogP contribution in [0, 0.1) is 19.9 Å². The summed E-state index contributed by atoms with van der Waals surface area (Å²) in [4.78, 5) is 0. The normalized spacial score (nSPS) is 8.22. The standard InChI is InChI=1S/C8H9.Na.H/c1-7-4-3-5-8(2)6-7;;/h3-4,6H,1-2H3;;. The van der Waals surface area contributed by atoms with Crippen LogP contribution in [-0.2, 0) is 0 Å². The number of hydrogen-bond acceptors (Lipinski definition) is 0. The first kappa shape index (κ1) is 9.22. The van der Waals surface area contributed by atoms with E-state index in [-0.39, 0.29) is 29.6 Å². The molecule has 0 spiro atoms. The number of aryl methyl sites for hydroxylation is 2. The van der Waals surface area contributed by atoms with E-state index in [1.54, 1.807) is 0 Å². The van der Waals surface area contributed by atoms with Gasteiger partial charge in [-0.15, -0.1) is 0 Å². The van der Waals surface area contributed by atoms with Crippen LogP contribution in [0.4, 0.5) is 0 Å². The van der Waals surface area contributed by atoms with Gasteiger partial charge in [0.05, 0.1) is 0 Å². The van der Waals surface area contributed by atoms with Crippen LogP contribution >= 0.6 is 0 Å². The Morgan fingerprint density at radius 3 is 2.33 bits per heavy atom. The van der Waals surface area contributed by atoms with Gasteiger partial charge in [-0.05, 0) is 25.5 Å². The Balaban J connectivity index is 0.000000640. The van der Waals surface area contributed by atoms with Gasteiger partial charge in [0, 0.05) is 0 Å². The molecule has 1 aromatic rings. The summed E-state index contributed by atoms with van der Waals surface area (Å²) in [5.41, 5.74) is 2.52. The first-order valence-electron chi connectivity index (χ1n) is 2.74. The topological polar surface area (TPSA) is 0 Å². The van der Waals surface area contributed by atoms with Crippen molar-refractivity contribution in [3.05, 3.63) is 35.4 Å². The molecule has 0 fully saturated rings. The van der Waals surface area contributed by atoms with Crippen LogP contribution in [0.2, 0.25) is 0 Å². The van der Waals surface area contributed by atoms with E-state index in [1.807, 2.05) is 19.1 Å². The predicted molar refractivity (Wildman–Crippen MR) is 41.9 cm³/mol. The molecule has 1 heteroatoms. The van der Waals surface area contributed by atoms with Crippen molar-refractivity contribution in [3.8, 4) is 0 Å². The van der Waals surface area contributed by atoms with Gasteiger partial charge in [-0.1, -0.05) is 23.8 Å². The second kappa shape index (κ2) is 4.10. The van der Waals surface area contributed by atoms with Crippen molar-refractivity contribution in [2.45, 2.75) is 13.8 Å². The Hall–Kier alpha value is 0.220. The van der Waals surface area contributed by atoms with Crippen LogP contribution in [-0.4, -0.2) is 29.6 Å². The van der Waals surface area contributed by atoms with Gasteiger partial charge >= 0.3 is 29.6 Å². The quantitative estimate of drug-likeness (QED) is 0.465. The van der Waals surface area contributed by atoms with Crippen molar-refractivity contribution in [3.63, 3.8) is 0 Å². The van der Waals surface area contributed by atoms with E-state index in [1.165, 1.54) is 11.1 Å². The van der Waals surface area contributed by atoms with E-state index < -0.39 is 0 Å². The van der Waals surface area contributed by atoms with Crippen molar-refractivity contribution in [2.75, 3.05) is 0 Å². The molecule has 0 unspecified atom stereocenters. The summed E-state index contributed by atoms with van der Waals surface area (Å²) < 4.78 is 0. The first-order chi connectivity index (χ1) is 3.79. The predicted octanol–water partition coefficient (Wildman–Crippen LogP) is 1.46. The molecule has 0 amide bonds. The van der Waals surface area contributed by atoms with Crippen LogP contribution < -0.4 is 0 Å². The molecule has 0 atom stereocenters. The molecule has 0 nitrogen and oxygen atoms in total. The van der Waals surface area contributed by atoms with E-state index in [0.29, 0.717) is 0 Å². The summed E-state index contributed by atoms with van der Waals surface area (Å²) >= 11 is 0. The minimum atomic E-state index is 0. The average molecular weight is 129 g/mol. The van der Waals surface area contributed by atoms with E-state index in [9.17, 15) is 0 Å². The maximum absolute atomic E-state index is 3.07. The molecular formula is C8H10Na. The Labute approximate surface area is 78.6 Å². The van der Waals surface area contributed by atoms with E-state index in [4.69, 9.17) is 0 Å². The summed E-state index contributed by atoms with van der Waals surface area (Å²) in [5, 5.41) is 0. The molecule has 0 N–H and O–H groups in total. The minimum absolute atomic E-state index is 0. The molecule has 0 saturated heterocycles. The molecule has 0 heterocycles. The molecule has 0 aliphatic heterocycles. The second-order valence-corrected chi connectivity index (χ2v) is 2.05. The fourth-order valence-electron chi connectivity index (χ4n) is 0.736. The van der Waals surface area contributed by atoms with Gasteiger partial charge in [0.2, 0.25) is 0 Å². The first-order valence-corrected chi connectivity index (χ1v) is 2.74. The van der Waals surface area contributed by atoms with Gasteiger partial charge in [-0.25, -0.2) is 0 Å². The zero-order chi connectivity index (χ0) is 5.98. The van der Waals surface area contributed by atoms with E-state index >= 15 is 0 Å². The van der Waals surface area contributed by atoms with Gasteiger partial charge < -0.3 is 0 Å². The molecule has 0 aliphatic rings. The summed E-state index contributed by atoms with van der Waals surface area (Å²) in [7, 11) is 0. The molecule has 9 heavy (non-hydrogen) atoms. The molecule has 1 aromatic carbocycles. The van der Waals surface area contributed by atoms with Gasteiger partial charge in [0.1, 0.15) is 0 Å². The fraction of sp³-hybridized carbons (Fsp3) is 0.250. The monoisotopic (exact) mass is 129 g/mol. The Morgan fingerprint density at radius 1 is 1.33 bits per heavy atom. The number of benzene rings is 1. The van der Waals surface area contributed by atoms with Gasteiger partial charge in [0.25, 0.3) is 0 Å². The van der Waals surface area contributed by atoms with E-state index in [0.717, 1.165) is 0 Å². The second-order valence-electron chi connectivity index (χ2n) is 2.05. The summed E-state index contributed by atoms with van der Waals surface area (Å²) in [6, 6.07) is 9.18. The molecule has 0 aliphatic carbocycles. The van der Waals surface area contributed by atoms with Crippen LogP contribution in [0.25, 0.3) is 0 Å². The Bertz CT molecular complexity index is 164. The average Bonchev–Trinajstić information content (AvgIpc) is 1.64. The third-order valence-electron chi connectivity index (χ3n) is 1.10. The van der Waals surface area contributed by atoms with Gasteiger partial charge in [-0.2, -0.15) is 0 Å². The van der Waals surface area contributed by atoms with Crippen LogP contribution in [0.3, 0.4) is 0 Å². The van der Waals surface area contributed by atoms with Crippen molar-refractivity contribution in [1.29, 1.82) is 0 Å². The molecule has 1 rings (SSSR count). The van der Waals surface area contributed by atoms with Crippen molar-refractivity contribution < 1.29 is 0 Å². The fourth-order valence-corrected chi connectivity index (χ4v) is 0.736. The maximum atomic E-state index is 3.07. The Morgan fingerprint density at radius 2 is 2.00 bits per heavy atom. The van der Waals surface area contributed by atoms with Crippen molar-refractivity contribution >= 4 is 29.6 Å². The molecule has 43 valence electrons. The zero-order valence-electron chi connectivity index (χ0n) is 5.23. The number of rotatable bonds is 0. The molecule has 0 bridgehead atoms. The molecular weight excluding hydrogens is 119 g/mol. The third kappa shape index (κ3) is 3.04. The molecule has 0 saturated carbocycles. The van der Waals surface area contributed by atoms with Gasteiger partial charge in [0.15, 0.2) is 0 Å². The van der Waals surface area contributed by atoms with Crippen molar-refractivity contribution in [1.82, 2.24) is 0 Å². The number of hydrogen-bond donors (Lipinski definition) is 0. The molecule has 1 radical (unpaired) electrons. The van der Waals surface area contributed by atoms with Crippen LogP contribution in [0.15, 0.2) is 18.2 Å². The summed E-state index contributed by atoms with van der Waals surface area (Å²) in [6.07, 6.45) is 0. The SMILES string of the molecule is Cc1[c]ccc(C)c1.[NaH]. The van der Waals surface area contributed by atoms with E-state index in [2.05, 4.69) is 19.1 Å². The summed E-state index contributed by atoms with van der Waals surface area (Å²) in [6.45, 7) is 4.13. The zero-order valence-corrected chi connectivity index (χ0v) is 5.23. The van der Waals surface area contributed by atoms with Crippen LogP contribution in [0.1, 0.15) is 11.1 Å². The Kier molecular flexibility index (Phi) is 4.20.